The number of allylic oxidation sites excluding steroid dienone is 1. The van der Waals surface area contributed by atoms with Gasteiger partial charge in [0.15, 0.2) is 12.1 Å². The highest BCUT2D eigenvalue weighted by atomic mass is 16.7. The molecule has 6 heteroatoms. The lowest BCUT2D eigenvalue weighted by Gasteiger charge is -2.58. The molecule has 11 atom stereocenters. The van der Waals surface area contributed by atoms with Crippen LogP contribution in [-0.4, -0.2) is 57.9 Å². The third-order valence-corrected chi connectivity index (χ3v) is 9.91. The van der Waals surface area contributed by atoms with Gasteiger partial charge in [-0.05, 0) is 86.5 Å². The topological polar surface area (TPSA) is 96.2 Å². The average Bonchev–Trinajstić information content (AvgIpc) is 3.20. The Morgan fingerprint density at radius 3 is 2.55 bits per heavy atom. The predicted octanol–water partition coefficient (Wildman–Crippen LogP) is 2.73. The lowest BCUT2D eigenvalue weighted by Crippen LogP contribution is -2.52. The van der Waals surface area contributed by atoms with E-state index in [1.54, 1.807) is 6.92 Å². The van der Waals surface area contributed by atoms with Crippen LogP contribution in [0.15, 0.2) is 11.6 Å². The molecule has 0 aromatic carbocycles. The number of hydrogen-bond donors (Lipinski definition) is 3. The van der Waals surface area contributed by atoms with E-state index in [1.807, 2.05) is 6.08 Å². The number of rotatable bonds is 3. The number of carbonyl (C=O) groups excluding carboxylic acids is 1. The van der Waals surface area contributed by atoms with Crippen LogP contribution in [0.1, 0.15) is 72.1 Å². The summed E-state index contributed by atoms with van der Waals surface area (Å²) in [6, 6.07) is 0. The SMILES string of the molecule is C[C@@H](O)[C@@H]1O[C@@H](O[C@H]2CC[C@H]3[C@@H]4CCC5=CC(=O)CC[C@]5(C)[C@H]4CC[C@]23C)[C@H](O)[C@H]1O. The predicted molar refractivity (Wildman–Crippen MR) is 114 cm³/mol. The van der Waals surface area contributed by atoms with E-state index in [0.717, 1.165) is 44.9 Å². The molecular formula is C25H38O6. The van der Waals surface area contributed by atoms with E-state index in [9.17, 15) is 20.1 Å². The molecule has 0 spiro atoms. The van der Waals surface area contributed by atoms with Gasteiger partial charge in [0.1, 0.15) is 18.3 Å². The highest BCUT2D eigenvalue weighted by molar-refractivity contribution is 5.91. The summed E-state index contributed by atoms with van der Waals surface area (Å²) < 4.78 is 12.1. The molecule has 1 saturated heterocycles. The van der Waals surface area contributed by atoms with E-state index in [-0.39, 0.29) is 16.9 Å². The summed E-state index contributed by atoms with van der Waals surface area (Å²) in [4.78, 5) is 12.0. The summed E-state index contributed by atoms with van der Waals surface area (Å²) >= 11 is 0. The largest absolute Gasteiger partial charge is 0.391 e. The van der Waals surface area contributed by atoms with Gasteiger partial charge in [-0.15, -0.1) is 0 Å². The normalized spacial score (nSPS) is 52.8. The third-order valence-electron chi connectivity index (χ3n) is 9.91. The van der Waals surface area contributed by atoms with Crippen LogP contribution in [0, 0.1) is 28.6 Å². The van der Waals surface area contributed by atoms with Crippen LogP contribution >= 0.6 is 0 Å². The molecule has 1 aliphatic heterocycles. The zero-order valence-electron chi connectivity index (χ0n) is 19.0. The Balaban J connectivity index is 1.33. The Labute approximate surface area is 185 Å². The van der Waals surface area contributed by atoms with Gasteiger partial charge < -0.3 is 24.8 Å². The first kappa shape index (κ1) is 22.0. The van der Waals surface area contributed by atoms with Gasteiger partial charge in [0, 0.05) is 6.42 Å². The molecule has 5 rings (SSSR count). The van der Waals surface area contributed by atoms with Crippen LogP contribution in [0.3, 0.4) is 0 Å². The van der Waals surface area contributed by atoms with Crippen molar-refractivity contribution >= 4 is 5.78 Å². The molecule has 0 unspecified atom stereocenters. The van der Waals surface area contributed by atoms with Crippen LogP contribution in [0.5, 0.6) is 0 Å². The van der Waals surface area contributed by atoms with Crippen molar-refractivity contribution in [1.82, 2.24) is 0 Å². The van der Waals surface area contributed by atoms with Crippen LogP contribution in [0.2, 0.25) is 0 Å². The number of ether oxygens (including phenoxy) is 2. The molecule has 4 fully saturated rings. The van der Waals surface area contributed by atoms with Gasteiger partial charge >= 0.3 is 0 Å². The molecule has 5 aliphatic rings. The molecule has 0 bridgehead atoms. The number of ketones is 1. The Morgan fingerprint density at radius 1 is 1.06 bits per heavy atom. The second-order valence-electron chi connectivity index (χ2n) is 11.4. The summed E-state index contributed by atoms with van der Waals surface area (Å²) in [5.41, 5.74) is 1.58. The van der Waals surface area contributed by atoms with Gasteiger partial charge in [-0.3, -0.25) is 4.79 Å². The summed E-state index contributed by atoms with van der Waals surface area (Å²) in [6.45, 7) is 6.30. The fourth-order valence-corrected chi connectivity index (χ4v) is 8.08. The van der Waals surface area contributed by atoms with Gasteiger partial charge in [-0.25, -0.2) is 0 Å². The van der Waals surface area contributed by atoms with Gasteiger partial charge in [0.2, 0.25) is 0 Å². The first-order chi connectivity index (χ1) is 14.6. The van der Waals surface area contributed by atoms with Gasteiger partial charge in [0.25, 0.3) is 0 Å². The number of carbonyl (C=O) groups is 1. The smallest absolute Gasteiger partial charge is 0.187 e. The van der Waals surface area contributed by atoms with E-state index in [4.69, 9.17) is 9.47 Å². The average molecular weight is 435 g/mol. The summed E-state index contributed by atoms with van der Waals surface area (Å²) in [7, 11) is 0. The van der Waals surface area contributed by atoms with Crippen LogP contribution in [0.4, 0.5) is 0 Å². The Morgan fingerprint density at radius 2 is 1.84 bits per heavy atom. The molecule has 31 heavy (non-hydrogen) atoms. The maximum atomic E-state index is 12.0. The Kier molecular flexibility index (Phi) is 5.42. The number of fused-ring (bicyclic) bond motifs is 5. The molecule has 0 amide bonds. The molecule has 4 aliphatic carbocycles. The standard InChI is InChI=1S/C25H38O6/c1-13(26)22-20(28)21(29)23(31-22)30-19-7-6-17-16-5-4-14-12-15(27)8-10-24(14,2)18(16)9-11-25(17,19)3/h12-13,16-23,26,28-29H,4-11H2,1-3H3/t13-,16+,17+,18+,19+,20-,21-,22+,23-,24+,25+/m1/s1. The molecule has 0 aromatic rings. The van der Waals surface area contributed by atoms with E-state index in [0.29, 0.717) is 30.0 Å². The molecule has 3 N–H and O–H groups in total. The van der Waals surface area contributed by atoms with E-state index in [2.05, 4.69) is 13.8 Å². The highest BCUT2D eigenvalue weighted by Crippen LogP contribution is 2.65. The molecular weight excluding hydrogens is 396 g/mol. The molecule has 0 aromatic heterocycles. The van der Waals surface area contributed by atoms with Crippen molar-refractivity contribution < 1.29 is 29.6 Å². The summed E-state index contributed by atoms with van der Waals surface area (Å²) in [5, 5.41) is 30.5. The number of hydrogen-bond acceptors (Lipinski definition) is 6. The minimum Gasteiger partial charge on any atom is -0.391 e. The minimum atomic E-state index is -1.14. The second-order valence-corrected chi connectivity index (χ2v) is 11.4. The minimum absolute atomic E-state index is 0.0178. The van der Waals surface area contributed by atoms with E-state index in [1.165, 1.54) is 5.57 Å². The van der Waals surface area contributed by atoms with Crippen LogP contribution < -0.4 is 0 Å². The number of aliphatic hydroxyl groups excluding tert-OH is 3. The van der Waals surface area contributed by atoms with Gasteiger partial charge in [0.05, 0.1) is 12.2 Å². The molecule has 3 saturated carbocycles. The first-order valence-electron chi connectivity index (χ1n) is 12.2. The maximum Gasteiger partial charge on any atom is 0.187 e. The summed E-state index contributed by atoms with van der Waals surface area (Å²) in [5.74, 6) is 2.15. The van der Waals surface area contributed by atoms with Crippen molar-refractivity contribution in [2.24, 2.45) is 28.6 Å². The van der Waals surface area contributed by atoms with E-state index >= 15 is 0 Å². The molecule has 6 nitrogen and oxygen atoms in total. The second kappa shape index (κ2) is 7.63. The van der Waals surface area contributed by atoms with Gasteiger partial charge in [-0.2, -0.15) is 0 Å². The fourth-order valence-electron chi connectivity index (χ4n) is 8.08. The van der Waals surface area contributed by atoms with Crippen molar-refractivity contribution in [3.8, 4) is 0 Å². The number of aliphatic hydroxyl groups is 3. The van der Waals surface area contributed by atoms with Crippen LogP contribution in [-0.2, 0) is 14.3 Å². The van der Waals surface area contributed by atoms with Crippen LogP contribution in [0.25, 0.3) is 0 Å². The van der Waals surface area contributed by atoms with E-state index < -0.39 is 30.7 Å². The molecule has 1 heterocycles. The summed E-state index contributed by atoms with van der Waals surface area (Å²) in [6.07, 6.45) is 5.21. The molecule has 0 radical (unpaired) electrons. The zero-order chi connectivity index (χ0) is 22.1. The van der Waals surface area contributed by atoms with Crippen molar-refractivity contribution in [2.75, 3.05) is 0 Å². The monoisotopic (exact) mass is 434 g/mol. The maximum absolute atomic E-state index is 12.0. The lowest BCUT2D eigenvalue weighted by atomic mass is 9.47. The lowest BCUT2D eigenvalue weighted by molar-refractivity contribution is -0.223. The zero-order valence-corrected chi connectivity index (χ0v) is 19.0. The highest BCUT2D eigenvalue weighted by Gasteiger charge is 2.60. The molecule has 174 valence electrons. The van der Waals surface area contributed by atoms with Crippen molar-refractivity contribution in [2.45, 2.75) is 109 Å². The quantitative estimate of drug-likeness (QED) is 0.632. The van der Waals surface area contributed by atoms with Gasteiger partial charge in [-0.1, -0.05) is 19.4 Å². The van der Waals surface area contributed by atoms with Crippen molar-refractivity contribution in [3.63, 3.8) is 0 Å². The Hall–Kier alpha value is -0.790. The fraction of sp³-hybridized carbons (Fsp3) is 0.880. The first-order valence-corrected chi connectivity index (χ1v) is 12.2. The van der Waals surface area contributed by atoms with Crippen molar-refractivity contribution in [1.29, 1.82) is 0 Å². The third kappa shape index (κ3) is 3.28. The van der Waals surface area contributed by atoms with Crippen molar-refractivity contribution in [3.05, 3.63) is 11.6 Å². The Bertz CT molecular complexity index is 763.